The van der Waals surface area contributed by atoms with Crippen molar-refractivity contribution in [3.8, 4) is 0 Å². The molecule has 0 bridgehead atoms. The number of rotatable bonds is 42. The van der Waals surface area contributed by atoms with Crippen LogP contribution in [0.2, 0.25) is 0 Å². The second-order valence-corrected chi connectivity index (χ2v) is 17.4. The van der Waals surface area contributed by atoms with Crippen molar-refractivity contribution in [3.05, 3.63) is 0 Å². The zero-order valence-electron chi connectivity index (χ0n) is 37.8. The summed E-state index contributed by atoms with van der Waals surface area (Å²) in [6.45, 7) is 23.4. The van der Waals surface area contributed by atoms with E-state index in [1.807, 2.05) is 0 Å². The number of aliphatic hydroxyl groups excluding tert-OH is 1. The lowest BCUT2D eigenvalue weighted by molar-refractivity contribution is -0.162. The van der Waals surface area contributed by atoms with Gasteiger partial charge < -0.3 is 38.4 Å². The maximum Gasteiger partial charge on any atom is 0.305 e. The van der Waals surface area contributed by atoms with Crippen molar-refractivity contribution in [2.75, 3.05) is 65.9 Å². The Balaban J connectivity index is 4.35. The number of nitrogens with zero attached hydrogens (tertiary/aromatic N) is 1. The molecule has 334 valence electrons. The summed E-state index contributed by atoms with van der Waals surface area (Å²) in [6.07, 6.45) is 17.6. The van der Waals surface area contributed by atoms with Gasteiger partial charge in [0.15, 0.2) is 12.6 Å². The molecule has 0 unspecified atom stereocenters. The van der Waals surface area contributed by atoms with Crippen molar-refractivity contribution >= 4 is 11.9 Å². The lowest BCUT2D eigenvalue weighted by Crippen LogP contribution is -2.29. The van der Waals surface area contributed by atoms with Crippen LogP contribution in [-0.2, 0) is 38.0 Å². The maximum absolute atomic E-state index is 12.5. The minimum absolute atomic E-state index is 0.0750. The Hall–Kier alpha value is -1.30. The van der Waals surface area contributed by atoms with Crippen LogP contribution in [0.1, 0.15) is 184 Å². The quantitative estimate of drug-likeness (QED) is 0.0364. The Kier molecular flexibility index (Phi) is 38.3. The molecule has 0 aliphatic heterocycles. The van der Waals surface area contributed by atoms with Crippen LogP contribution in [0.4, 0.5) is 0 Å². The van der Waals surface area contributed by atoms with E-state index in [9.17, 15) is 14.7 Å². The molecular formula is C46H91NO9. The minimum atomic E-state index is -0.343. The Morgan fingerprint density at radius 3 is 1.02 bits per heavy atom. The predicted molar refractivity (Wildman–Crippen MR) is 229 cm³/mol. The van der Waals surface area contributed by atoms with Crippen molar-refractivity contribution in [2.45, 2.75) is 196 Å². The predicted octanol–water partition coefficient (Wildman–Crippen LogP) is 10.5. The molecule has 1 N–H and O–H groups in total. The van der Waals surface area contributed by atoms with Gasteiger partial charge in [-0.3, -0.25) is 9.59 Å². The fourth-order valence-corrected chi connectivity index (χ4v) is 6.28. The molecule has 0 saturated heterocycles. The molecule has 10 nitrogen and oxygen atoms in total. The molecule has 0 saturated carbocycles. The van der Waals surface area contributed by atoms with Gasteiger partial charge in [-0.05, 0) is 88.1 Å². The molecule has 0 aromatic carbocycles. The van der Waals surface area contributed by atoms with E-state index in [1.54, 1.807) is 0 Å². The average Bonchev–Trinajstić information content (AvgIpc) is 3.13. The number of carbonyl (C=O) groups is 2. The van der Waals surface area contributed by atoms with Crippen LogP contribution in [0.15, 0.2) is 0 Å². The second-order valence-electron chi connectivity index (χ2n) is 17.4. The van der Waals surface area contributed by atoms with E-state index in [0.29, 0.717) is 95.5 Å². The number of unbranched alkanes of at least 4 members (excludes halogenated alkanes) is 6. The van der Waals surface area contributed by atoms with Crippen molar-refractivity contribution in [1.29, 1.82) is 0 Å². The monoisotopic (exact) mass is 802 g/mol. The Morgan fingerprint density at radius 2 is 0.732 bits per heavy atom. The third-order valence-corrected chi connectivity index (χ3v) is 9.78. The highest BCUT2D eigenvalue weighted by molar-refractivity contribution is 5.69. The van der Waals surface area contributed by atoms with Gasteiger partial charge in [-0.25, -0.2) is 0 Å². The molecular weight excluding hydrogens is 711 g/mol. The van der Waals surface area contributed by atoms with E-state index < -0.39 is 0 Å². The fourth-order valence-electron chi connectivity index (χ4n) is 6.28. The molecule has 0 rings (SSSR count). The second kappa shape index (κ2) is 39.2. The van der Waals surface area contributed by atoms with Crippen LogP contribution in [0.25, 0.3) is 0 Å². The molecule has 56 heavy (non-hydrogen) atoms. The number of ether oxygens (including phenoxy) is 6. The lowest BCUT2D eigenvalue weighted by atomic mass is 10.1. The maximum atomic E-state index is 12.5. The topological polar surface area (TPSA) is 113 Å². The highest BCUT2D eigenvalue weighted by atomic mass is 16.7. The lowest BCUT2D eigenvalue weighted by Gasteiger charge is -2.21. The Morgan fingerprint density at radius 1 is 0.411 bits per heavy atom. The summed E-state index contributed by atoms with van der Waals surface area (Å²) < 4.78 is 35.2. The molecule has 0 aromatic heterocycles. The fraction of sp³-hybridized carbons (Fsp3) is 0.957. The zero-order valence-corrected chi connectivity index (χ0v) is 37.8. The largest absolute Gasteiger partial charge is 0.465 e. The third-order valence-electron chi connectivity index (χ3n) is 9.78. The first kappa shape index (κ1) is 54.7. The van der Waals surface area contributed by atoms with Gasteiger partial charge in [-0.1, -0.05) is 107 Å². The number of esters is 2. The smallest absolute Gasteiger partial charge is 0.305 e. The van der Waals surface area contributed by atoms with Crippen molar-refractivity contribution in [2.24, 2.45) is 23.7 Å². The first-order chi connectivity index (χ1) is 26.9. The van der Waals surface area contributed by atoms with E-state index in [1.165, 1.54) is 25.7 Å². The molecule has 0 radical (unpaired) electrons. The SMILES string of the molecule is CC(C)CCCCOC(CCOC(=O)CCCCN(CCO)CCCCC(=O)OCCC(OCCCCC(C)C)OCCCCC(C)C)OCCCCC(C)C. The van der Waals surface area contributed by atoms with Crippen LogP contribution < -0.4 is 0 Å². The molecule has 0 aliphatic carbocycles. The van der Waals surface area contributed by atoms with Gasteiger partial charge in [-0.2, -0.15) is 0 Å². The van der Waals surface area contributed by atoms with Crippen LogP contribution in [-0.4, -0.2) is 100 Å². The van der Waals surface area contributed by atoms with Gasteiger partial charge in [0, 0.05) is 58.7 Å². The summed E-state index contributed by atoms with van der Waals surface area (Å²) in [5, 5.41) is 9.59. The molecule has 10 heteroatoms. The van der Waals surface area contributed by atoms with Gasteiger partial charge in [0.2, 0.25) is 0 Å². The summed E-state index contributed by atoms with van der Waals surface area (Å²) in [4.78, 5) is 27.1. The summed E-state index contributed by atoms with van der Waals surface area (Å²) >= 11 is 0. The first-order valence-electron chi connectivity index (χ1n) is 23.0. The zero-order chi connectivity index (χ0) is 41.7. The Labute approximate surface area is 345 Å². The van der Waals surface area contributed by atoms with Gasteiger partial charge >= 0.3 is 11.9 Å². The van der Waals surface area contributed by atoms with Gasteiger partial charge in [0.25, 0.3) is 0 Å². The normalized spacial score (nSPS) is 12.1. The molecule has 0 fully saturated rings. The standard InChI is InChI=1S/C46H91NO9/c1-39(2)21-11-17-33-53-45(54-34-18-12-22-40(3)4)27-37-51-43(49)25-9-15-29-47(31-32-48)30-16-10-26-44(50)52-38-28-46(55-35-19-13-23-41(5)6)56-36-20-14-24-42(7)8/h39-42,45-46,48H,9-38H2,1-8H3. The van der Waals surface area contributed by atoms with Gasteiger partial charge in [-0.15, -0.1) is 0 Å². The third kappa shape index (κ3) is 39.5. The van der Waals surface area contributed by atoms with E-state index in [-0.39, 0.29) is 31.1 Å². The van der Waals surface area contributed by atoms with E-state index in [2.05, 4.69) is 60.3 Å². The summed E-state index contributed by atoms with van der Waals surface area (Å²) in [5.74, 6) is 2.39. The molecule has 0 aromatic rings. The van der Waals surface area contributed by atoms with Crippen LogP contribution in [0, 0.1) is 23.7 Å². The highest BCUT2D eigenvalue weighted by Gasteiger charge is 2.14. The van der Waals surface area contributed by atoms with Crippen LogP contribution in [0.3, 0.4) is 0 Å². The molecule has 0 heterocycles. The number of hydrogen-bond donors (Lipinski definition) is 1. The summed E-state index contributed by atoms with van der Waals surface area (Å²) in [5.41, 5.74) is 0. The van der Waals surface area contributed by atoms with E-state index >= 15 is 0 Å². The van der Waals surface area contributed by atoms with Crippen LogP contribution in [0.5, 0.6) is 0 Å². The average molecular weight is 802 g/mol. The number of aliphatic hydroxyl groups is 1. The number of hydrogen-bond acceptors (Lipinski definition) is 10. The van der Waals surface area contributed by atoms with Gasteiger partial charge in [0.05, 0.1) is 19.8 Å². The summed E-state index contributed by atoms with van der Waals surface area (Å²) in [7, 11) is 0. The van der Waals surface area contributed by atoms with E-state index in [4.69, 9.17) is 28.4 Å². The van der Waals surface area contributed by atoms with E-state index in [0.717, 1.165) is 90.1 Å². The van der Waals surface area contributed by atoms with Crippen molar-refractivity contribution in [1.82, 2.24) is 4.90 Å². The molecule has 0 atom stereocenters. The van der Waals surface area contributed by atoms with Crippen LogP contribution >= 0.6 is 0 Å². The number of carbonyl (C=O) groups excluding carboxylic acids is 2. The Bertz CT molecular complexity index is 768. The highest BCUT2D eigenvalue weighted by Crippen LogP contribution is 2.14. The summed E-state index contributed by atoms with van der Waals surface area (Å²) in [6, 6.07) is 0. The molecule has 0 spiro atoms. The first-order valence-corrected chi connectivity index (χ1v) is 23.0. The van der Waals surface area contributed by atoms with Crippen molar-refractivity contribution < 1.29 is 43.1 Å². The minimum Gasteiger partial charge on any atom is -0.465 e. The molecule has 0 amide bonds. The van der Waals surface area contributed by atoms with Gasteiger partial charge in [0.1, 0.15) is 0 Å². The van der Waals surface area contributed by atoms with Crippen molar-refractivity contribution in [3.63, 3.8) is 0 Å². The molecule has 0 aliphatic rings.